The number of nitrogens with one attached hydrogen (secondary N) is 1. The van der Waals surface area contributed by atoms with Crippen LogP contribution in [-0.2, 0) is 6.42 Å². The van der Waals surface area contributed by atoms with Gasteiger partial charge in [0.15, 0.2) is 0 Å². The average Bonchev–Trinajstić information content (AvgIpc) is 3.00. The van der Waals surface area contributed by atoms with E-state index in [9.17, 15) is 4.39 Å². The summed E-state index contributed by atoms with van der Waals surface area (Å²) in [4.78, 5) is 0. The van der Waals surface area contributed by atoms with Crippen molar-refractivity contribution in [3.63, 3.8) is 0 Å². The van der Waals surface area contributed by atoms with Crippen molar-refractivity contribution in [3.05, 3.63) is 35.6 Å². The van der Waals surface area contributed by atoms with Crippen LogP contribution in [0.3, 0.4) is 0 Å². The fourth-order valence-electron chi connectivity index (χ4n) is 4.00. The summed E-state index contributed by atoms with van der Waals surface area (Å²) in [5, 5.41) is 0. The molecule has 2 fully saturated rings. The van der Waals surface area contributed by atoms with Gasteiger partial charge in [-0.3, -0.25) is 11.3 Å². The van der Waals surface area contributed by atoms with Crippen molar-refractivity contribution in [1.82, 2.24) is 5.43 Å². The number of halogens is 1. The number of hydrogen-bond donors (Lipinski definition) is 2. The van der Waals surface area contributed by atoms with Crippen LogP contribution < -0.4 is 11.3 Å². The van der Waals surface area contributed by atoms with Gasteiger partial charge in [-0.1, -0.05) is 18.6 Å². The first-order chi connectivity index (χ1) is 8.76. The molecule has 2 aliphatic rings. The zero-order chi connectivity index (χ0) is 12.5. The summed E-state index contributed by atoms with van der Waals surface area (Å²) in [6.45, 7) is 0. The van der Waals surface area contributed by atoms with Gasteiger partial charge in [-0.05, 0) is 61.1 Å². The number of hydrogen-bond acceptors (Lipinski definition) is 2. The first kappa shape index (κ1) is 12.1. The highest BCUT2D eigenvalue weighted by Crippen LogP contribution is 2.49. The first-order valence-electron chi connectivity index (χ1n) is 6.97. The van der Waals surface area contributed by atoms with Crippen LogP contribution in [0.25, 0.3) is 0 Å². The number of rotatable bonds is 4. The molecule has 18 heavy (non-hydrogen) atoms. The lowest BCUT2D eigenvalue weighted by Gasteiger charge is -2.30. The quantitative estimate of drug-likeness (QED) is 0.635. The molecular formula is C15H21FN2. The molecule has 4 unspecified atom stereocenters. The first-order valence-corrected chi connectivity index (χ1v) is 6.97. The molecule has 1 aromatic rings. The van der Waals surface area contributed by atoms with Gasteiger partial charge < -0.3 is 0 Å². The summed E-state index contributed by atoms with van der Waals surface area (Å²) >= 11 is 0. The molecule has 2 bridgehead atoms. The van der Waals surface area contributed by atoms with E-state index in [-0.39, 0.29) is 5.82 Å². The largest absolute Gasteiger partial charge is 0.271 e. The maximum absolute atomic E-state index is 12.9. The second-order valence-corrected chi connectivity index (χ2v) is 5.94. The highest BCUT2D eigenvalue weighted by Gasteiger charge is 2.42. The third kappa shape index (κ3) is 2.29. The molecule has 0 spiro atoms. The molecule has 0 heterocycles. The highest BCUT2D eigenvalue weighted by atomic mass is 19.1. The standard InChI is InChI=1S/C15H21FN2/c16-13-5-2-10(3-6-13)9-15(18-17)14-8-11-1-4-12(14)7-11/h2-3,5-6,11-12,14-15,18H,1,4,7-9,17H2. The second kappa shape index (κ2) is 4.98. The van der Waals surface area contributed by atoms with Gasteiger partial charge in [0, 0.05) is 6.04 Å². The predicted molar refractivity (Wildman–Crippen MR) is 70.2 cm³/mol. The van der Waals surface area contributed by atoms with Gasteiger partial charge in [-0.2, -0.15) is 0 Å². The molecule has 98 valence electrons. The van der Waals surface area contributed by atoms with E-state index in [1.807, 2.05) is 12.1 Å². The van der Waals surface area contributed by atoms with E-state index < -0.39 is 0 Å². The van der Waals surface area contributed by atoms with Crippen LogP contribution in [0.4, 0.5) is 4.39 Å². The zero-order valence-electron chi connectivity index (χ0n) is 10.6. The van der Waals surface area contributed by atoms with Gasteiger partial charge in [0.25, 0.3) is 0 Å². The van der Waals surface area contributed by atoms with Gasteiger partial charge in [-0.15, -0.1) is 0 Å². The second-order valence-electron chi connectivity index (χ2n) is 5.94. The van der Waals surface area contributed by atoms with Crippen molar-refractivity contribution < 1.29 is 4.39 Å². The monoisotopic (exact) mass is 248 g/mol. The summed E-state index contributed by atoms with van der Waals surface area (Å²) < 4.78 is 12.9. The summed E-state index contributed by atoms with van der Waals surface area (Å²) in [7, 11) is 0. The number of nitrogens with two attached hydrogens (primary N) is 1. The Hall–Kier alpha value is -0.930. The predicted octanol–water partition coefficient (Wildman–Crippen LogP) is 2.64. The van der Waals surface area contributed by atoms with Gasteiger partial charge in [0.2, 0.25) is 0 Å². The zero-order valence-corrected chi connectivity index (χ0v) is 10.6. The normalized spacial score (nSPS) is 31.8. The van der Waals surface area contributed by atoms with Crippen LogP contribution in [0.15, 0.2) is 24.3 Å². The van der Waals surface area contributed by atoms with E-state index in [0.29, 0.717) is 12.0 Å². The molecule has 2 saturated carbocycles. The third-order valence-corrected chi connectivity index (χ3v) is 4.89. The Morgan fingerprint density at radius 1 is 1.22 bits per heavy atom. The maximum atomic E-state index is 12.9. The minimum atomic E-state index is -0.170. The fraction of sp³-hybridized carbons (Fsp3) is 0.600. The van der Waals surface area contributed by atoms with Gasteiger partial charge >= 0.3 is 0 Å². The van der Waals surface area contributed by atoms with Crippen LogP contribution in [0.1, 0.15) is 31.2 Å². The van der Waals surface area contributed by atoms with Crippen LogP contribution in [0.2, 0.25) is 0 Å². The van der Waals surface area contributed by atoms with Crippen molar-refractivity contribution in [2.45, 2.75) is 38.1 Å². The molecule has 3 heteroatoms. The van der Waals surface area contributed by atoms with Crippen LogP contribution in [0, 0.1) is 23.6 Å². The van der Waals surface area contributed by atoms with Crippen LogP contribution in [-0.4, -0.2) is 6.04 Å². The Morgan fingerprint density at radius 3 is 2.56 bits per heavy atom. The molecule has 4 atom stereocenters. The van der Waals surface area contributed by atoms with E-state index in [2.05, 4.69) is 5.43 Å². The molecule has 2 aliphatic carbocycles. The SMILES string of the molecule is NNC(Cc1ccc(F)cc1)C1CC2CCC1C2. The summed E-state index contributed by atoms with van der Waals surface area (Å²) in [6, 6.07) is 7.14. The Morgan fingerprint density at radius 2 is 2.00 bits per heavy atom. The third-order valence-electron chi connectivity index (χ3n) is 4.89. The number of benzene rings is 1. The van der Waals surface area contributed by atoms with Gasteiger partial charge in [0.05, 0.1) is 0 Å². The van der Waals surface area contributed by atoms with Crippen LogP contribution in [0.5, 0.6) is 0 Å². The molecule has 1 aromatic carbocycles. The molecular weight excluding hydrogens is 227 g/mol. The minimum absolute atomic E-state index is 0.170. The van der Waals surface area contributed by atoms with E-state index in [0.717, 1.165) is 18.3 Å². The van der Waals surface area contributed by atoms with Crippen molar-refractivity contribution in [1.29, 1.82) is 0 Å². The smallest absolute Gasteiger partial charge is 0.123 e. The summed E-state index contributed by atoms with van der Waals surface area (Å²) in [6.07, 6.45) is 6.41. The lowest BCUT2D eigenvalue weighted by molar-refractivity contribution is 0.248. The fourth-order valence-corrected chi connectivity index (χ4v) is 4.00. The Kier molecular flexibility index (Phi) is 3.35. The molecule has 0 amide bonds. The topological polar surface area (TPSA) is 38.0 Å². The van der Waals surface area contributed by atoms with Crippen molar-refractivity contribution in [3.8, 4) is 0 Å². The number of fused-ring (bicyclic) bond motifs is 2. The molecule has 3 rings (SSSR count). The van der Waals surface area contributed by atoms with Crippen molar-refractivity contribution in [2.75, 3.05) is 0 Å². The summed E-state index contributed by atoms with van der Waals surface area (Å²) in [5.41, 5.74) is 4.17. The van der Waals surface area contributed by atoms with E-state index in [4.69, 9.17) is 5.84 Å². The van der Waals surface area contributed by atoms with Gasteiger partial charge in [-0.25, -0.2) is 4.39 Å². The van der Waals surface area contributed by atoms with Crippen molar-refractivity contribution >= 4 is 0 Å². The lowest BCUT2D eigenvalue weighted by Crippen LogP contribution is -2.44. The van der Waals surface area contributed by atoms with Gasteiger partial charge in [0.1, 0.15) is 5.82 Å². The highest BCUT2D eigenvalue weighted by molar-refractivity contribution is 5.17. The van der Waals surface area contributed by atoms with E-state index in [1.54, 1.807) is 0 Å². The maximum Gasteiger partial charge on any atom is 0.123 e. The molecule has 0 saturated heterocycles. The molecule has 0 aliphatic heterocycles. The minimum Gasteiger partial charge on any atom is -0.271 e. The lowest BCUT2D eigenvalue weighted by atomic mass is 9.81. The van der Waals surface area contributed by atoms with E-state index >= 15 is 0 Å². The number of hydrazine groups is 1. The Balaban J connectivity index is 1.67. The Labute approximate surface area is 108 Å². The molecule has 3 N–H and O–H groups in total. The average molecular weight is 248 g/mol. The molecule has 0 aromatic heterocycles. The van der Waals surface area contributed by atoms with Crippen molar-refractivity contribution in [2.24, 2.45) is 23.6 Å². The Bertz CT molecular complexity index is 403. The molecule has 0 radical (unpaired) electrons. The van der Waals surface area contributed by atoms with Crippen LogP contribution >= 0.6 is 0 Å². The summed E-state index contributed by atoms with van der Waals surface area (Å²) in [5.74, 6) is 8.07. The van der Waals surface area contributed by atoms with E-state index in [1.165, 1.54) is 43.4 Å². The molecule has 2 nitrogen and oxygen atoms in total.